The molecule has 1 aliphatic rings. The highest BCUT2D eigenvalue weighted by atomic mass is 19.1. The zero-order valence-corrected chi connectivity index (χ0v) is 13.3. The third-order valence-electron chi connectivity index (χ3n) is 4.31. The number of carbonyl (C=O) groups excluding carboxylic acids is 1. The molecule has 1 aliphatic heterocycles. The predicted molar refractivity (Wildman–Crippen MR) is 92.7 cm³/mol. The Morgan fingerprint density at radius 1 is 1.24 bits per heavy atom. The summed E-state index contributed by atoms with van der Waals surface area (Å²) < 4.78 is 14.8. The van der Waals surface area contributed by atoms with Gasteiger partial charge in [0.15, 0.2) is 5.82 Å². The monoisotopic (exact) mass is 337 g/mol. The number of rotatable bonds is 2. The van der Waals surface area contributed by atoms with E-state index in [9.17, 15) is 9.18 Å². The molecule has 2 heterocycles. The van der Waals surface area contributed by atoms with Crippen molar-refractivity contribution in [1.82, 2.24) is 14.8 Å². The maximum Gasteiger partial charge on any atom is 0.257 e. The first kappa shape index (κ1) is 15.3. The molecule has 6 nitrogen and oxygen atoms in total. The average molecular weight is 337 g/mol. The number of nitrogens with zero attached hydrogens (tertiary/aromatic N) is 3. The molecule has 7 heteroatoms. The molecule has 0 unspecified atom stereocenters. The minimum atomic E-state index is -0.514. The van der Waals surface area contributed by atoms with Crippen molar-refractivity contribution in [2.24, 2.45) is 0 Å². The van der Waals surface area contributed by atoms with Crippen LogP contribution < -0.4 is 11.1 Å². The number of nitrogens with one attached hydrogen (secondary N) is 1. The van der Waals surface area contributed by atoms with Crippen LogP contribution in [0.25, 0.3) is 11.4 Å². The van der Waals surface area contributed by atoms with Crippen LogP contribution in [0, 0.1) is 5.82 Å². The molecule has 0 bridgehead atoms. The van der Waals surface area contributed by atoms with Crippen molar-refractivity contribution in [3.63, 3.8) is 0 Å². The number of nitrogen functional groups attached to an aromatic ring is 1. The highest BCUT2D eigenvalue weighted by Gasteiger charge is 2.30. The number of hydrogen-bond donors (Lipinski definition) is 2. The summed E-state index contributed by atoms with van der Waals surface area (Å²) in [5.41, 5.74) is 8.07. The van der Waals surface area contributed by atoms with Gasteiger partial charge in [-0.2, -0.15) is 9.67 Å². The Kier molecular flexibility index (Phi) is 3.68. The third kappa shape index (κ3) is 2.73. The number of carbonyl (C=O) groups is 1. The summed E-state index contributed by atoms with van der Waals surface area (Å²) in [5.74, 6) is -0.780. The van der Waals surface area contributed by atoms with Crippen molar-refractivity contribution in [1.29, 1.82) is 0 Å². The van der Waals surface area contributed by atoms with Crippen molar-refractivity contribution < 1.29 is 9.18 Å². The molecule has 1 aromatic heterocycles. The normalized spacial score (nSPS) is 16.1. The largest absolute Gasteiger partial charge is 0.385 e. The molecule has 1 atom stereocenters. The second-order valence-corrected chi connectivity index (χ2v) is 5.91. The molecule has 126 valence electrons. The maximum atomic E-state index is 13.6. The lowest BCUT2D eigenvalue weighted by Gasteiger charge is -2.25. The fraction of sp³-hybridized carbons (Fsp3) is 0.167. The average Bonchev–Trinajstić information content (AvgIpc) is 3.03. The Bertz CT molecular complexity index is 938. The van der Waals surface area contributed by atoms with E-state index in [1.807, 2.05) is 30.3 Å². The Balaban J connectivity index is 1.71. The first-order chi connectivity index (χ1) is 12.1. The van der Waals surface area contributed by atoms with Crippen LogP contribution in [0.3, 0.4) is 0 Å². The zero-order chi connectivity index (χ0) is 17.4. The standard InChI is InChI=1S/C18H16FN5O/c19-12-6-7-15-14(10-12)13(8-9-21-15)17(25)24-18(20)22-16(23-24)11-4-2-1-3-5-11/h1-7,10,13,21H,8-9H2,(H2,20,22,23)/t13-/m0/s1. The lowest BCUT2D eigenvalue weighted by molar-refractivity contribution is 0.0859. The van der Waals surface area contributed by atoms with Crippen molar-refractivity contribution in [2.75, 3.05) is 17.6 Å². The van der Waals surface area contributed by atoms with Crippen LogP contribution >= 0.6 is 0 Å². The molecule has 25 heavy (non-hydrogen) atoms. The van der Waals surface area contributed by atoms with Gasteiger partial charge in [-0.25, -0.2) is 4.39 Å². The molecule has 2 aromatic carbocycles. The van der Waals surface area contributed by atoms with Gasteiger partial charge in [0, 0.05) is 17.8 Å². The molecule has 0 aliphatic carbocycles. The highest BCUT2D eigenvalue weighted by molar-refractivity contribution is 5.89. The zero-order valence-electron chi connectivity index (χ0n) is 13.3. The van der Waals surface area contributed by atoms with E-state index >= 15 is 0 Å². The quantitative estimate of drug-likeness (QED) is 0.751. The second kappa shape index (κ2) is 6.01. The van der Waals surface area contributed by atoms with Crippen LogP contribution in [0.5, 0.6) is 0 Å². The first-order valence-corrected chi connectivity index (χ1v) is 7.99. The van der Waals surface area contributed by atoms with Crippen LogP contribution in [0.4, 0.5) is 16.0 Å². The van der Waals surface area contributed by atoms with E-state index in [0.717, 1.165) is 15.9 Å². The molecular formula is C18H16FN5O. The topological polar surface area (TPSA) is 85.8 Å². The van der Waals surface area contributed by atoms with Crippen LogP contribution in [0.15, 0.2) is 48.5 Å². The van der Waals surface area contributed by atoms with Gasteiger partial charge in [0.1, 0.15) is 5.82 Å². The number of anilines is 2. The van der Waals surface area contributed by atoms with E-state index in [-0.39, 0.29) is 17.7 Å². The van der Waals surface area contributed by atoms with E-state index in [1.54, 1.807) is 6.07 Å². The summed E-state index contributed by atoms with van der Waals surface area (Å²) in [6.45, 7) is 0.620. The van der Waals surface area contributed by atoms with E-state index in [1.165, 1.54) is 12.1 Å². The van der Waals surface area contributed by atoms with Gasteiger partial charge >= 0.3 is 0 Å². The van der Waals surface area contributed by atoms with Gasteiger partial charge in [0.05, 0.1) is 5.92 Å². The third-order valence-corrected chi connectivity index (χ3v) is 4.31. The van der Waals surface area contributed by atoms with Gasteiger partial charge in [0.2, 0.25) is 5.95 Å². The van der Waals surface area contributed by atoms with Gasteiger partial charge in [0.25, 0.3) is 5.91 Å². The van der Waals surface area contributed by atoms with E-state index in [4.69, 9.17) is 5.73 Å². The smallest absolute Gasteiger partial charge is 0.257 e. The fourth-order valence-corrected chi connectivity index (χ4v) is 3.09. The predicted octanol–water partition coefficient (Wildman–Crippen LogP) is 2.91. The number of halogens is 1. The first-order valence-electron chi connectivity index (χ1n) is 7.99. The van der Waals surface area contributed by atoms with E-state index in [2.05, 4.69) is 15.4 Å². The number of fused-ring (bicyclic) bond motifs is 1. The maximum absolute atomic E-state index is 13.6. The molecule has 4 rings (SSSR count). The van der Waals surface area contributed by atoms with Crippen molar-refractivity contribution in [3.8, 4) is 11.4 Å². The molecule has 0 amide bonds. The van der Waals surface area contributed by atoms with Crippen LogP contribution in [0.1, 0.15) is 22.7 Å². The number of aromatic nitrogens is 3. The fourth-order valence-electron chi connectivity index (χ4n) is 3.09. The summed E-state index contributed by atoms with van der Waals surface area (Å²) in [6, 6.07) is 13.7. The molecule has 3 N–H and O–H groups in total. The lowest BCUT2D eigenvalue weighted by atomic mass is 9.90. The van der Waals surface area contributed by atoms with Gasteiger partial charge in [-0.3, -0.25) is 4.79 Å². The molecule has 0 radical (unpaired) electrons. The summed E-state index contributed by atoms with van der Waals surface area (Å²) in [7, 11) is 0. The van der Waals surface area contributed by atoms with Crippen molar-refractivity contribution >= 4 is 17.5 Å². The van der Waals surface area contributed by atoms with Crippen LogP contribution in [-0.2, 0) is 0 Å². The molecule has 0 fully saturated rings. The second-order valence-electron chi connectivity index (χ2n) is 5.91. The Morgan fingerprint density at radius 3 is 2.84 bits per heavy atom. The Morgan fingerprint density at radius 2 is 2.04 bits per heavy atom. The summed E-state index contributed by atoms with van der Waals surface area (Å²) in [5, 5.41) is 7.44. The summed E-state index contributed by atoms with van der Waals surface area (Å²) in [6.07, 6.45) is 0.537. The number of hydrogen-bond acceptors (Lipinski definition) is 5. The summed E-state index contributed by atoms with van der Waals surface area (Å²) >= 11 is 0. The van der Waals surface area contributed by atoms with Gasteiger partial charge < -0.3 is 11.1 Å². The van der Waals surface area contributed by atoms with Crippen molar-refractivity contribution in [3.05, 3.63) is 59.9 Å². The van der Waals surface area contributed by atoms with Gasteiger partial charge in [-0.15, -0.1) is 5.10 Å². The van der Waals surface area contributed by atoms with E-state index in [0.29, 0.717) is 24.4 Å². The Labute approximate surface area is 143 Å². The van der Waals surface area contributed by atoms with Gasteiger partial charge in [-0.05, 0) is 30.2 Å². The highest BCUT2D eigenvalue weighted by Crippen LogP contribution is 2.33. The van der Waals surface area contributed by atoms with Gasteiger partial charge in [-0.1, -0.05) is 30.3 Å². The Hall–Kier alpha value is -3.22. The molecule has 3 aromatic rings. The van der Waals surface area contributed by atoms with E-state index < -0.39 is 5.92 Å². The number of benzene rings is 2. The van der Waals surface area contributed by atoms with Crippen LogP contribution in [-0.4, -0.2) is 27.2 Å². The summed E-state index contributed by atoms with van der Waals surface area (Å²) in [4.78, 5) is 17.2. The lowest BCUT2D eigenvalue weighted by Crippen LogP contribution is -2.28. The number of nitrogens with two attached hydrogens (primary N) is 1. The molecular weight excluding hydrogens is 321 g/mol. The molecule has 0 saturated heterocycles. The minimum absolute atomic E-state index is 0.0281. The SMILES string of the molecule is Nc1nc(-c2ccccc2)nn1C(=O)[C@H]1CCNc2ccc(F)cc21. The minimum Gasteiger partial charge on any atom is -0.385 e. The van der Waals surface area contributed by atoms with Crippen molar-refractivity contribution in [2.45, 2.75) is 12.3 Å². The molecule has 0 saturated carbocycles. The van der Waals surface area contributed by atoms with Crippen LogP contribution in [0.2, 0.25) is 0 Å². The molecule has 0 spiro atoms.